The van der Waals surface area contributed by atoms with E-state index < -0.39 is 10.0 Å². The fourth-order valence-electron chi connectivity index (χ4n) is 4.01. The lowest BCUT2D eigenvalue weighted by atomic mass is 10.0. The van der Waals surface area contributed by atoms with E-state index in [0.717, 1.165) is 17.5 Å². The van der Waals surface area contributed by atoms with Crippen LogP contribution in [0.3, 0.4) is 0 Å². The van der Waals surface area contributed by atoms with Gasteiger partial charge in [0.15, 0.2) is 0 Å². The maximum absolute atomic E-state index is 13.3. The van der Waals surface area contributed by atoms with Gasteiger partial charge in [0.25, 0.3) is 5.91 Å². The molecule has 1 aliphatic heterocycles. The van der Waals surface area contributed by atoms with E-state index >= 15 is 0 Å². The van der Waals surface area contributed by atoms with Crippen molar-refractivity contribution in [2.24, 2.45) is 0 Å². The smallest absolute Gasteiger partial charge is 0.257 e. The van der Waals surface area contributed by atoms with Crippen molar-refractivity contribution in [2.75, 3.05) is 19.3 Å². The summed E-state index contributed by atoms with van der Waals surface area (Å²) in [6, 6.07) is 12.9. The second kappa shape index (κ2) is 8.99. The Bertz CT molecular complexity index is 1130. The summed E-state index contributed by atoms with van der Waals surface area (Å²) in [4.78, 5) is 19.1. The number of nitrogens with one attached hydrogen (secondary N) is 1. The summed E-state index contributed by atoms with van der Waals surface area (Å²) in [5, 5.41) is 7.00. The van der Waals surface area contributed by atoms with Gasteiger partial charge in [-0.15, -0.1) is 0 Å². The number of sulfonamides is 1. The number of aromatic nitrogens is 3. The monoisotopic (exact) mass is 439 g/mol. The SMILES string of the molecule is CS(=O)(=O)N(Cc1cccnc1)C1CCCN(C(=O)c2cn[nH]c2-c2ccccc2)C1. The van der Waals surface area contributed by atoms with E-state index in [-0.39, 0.29) is 18.5 Å². The number of H-pyrrole nitrogens is 1. The van der Waals surface area contributed by atoms with Gasteiger partial charge >= 0.3 is 0 Å². The topological polar surface area (TPSA) is 99.3 Å². The Hall–Kier alpha value is -3.04. The molecule has 1 saturated heterocycles. The minimum atomic E-state index is -3.47. The molecule has 0 bridgehead atoms. The van der Waals surface area contributed by atoms with Gasteiger partial charge in [0.05, 0.1) is 23.7 Å². The van der Waals surface area contributed by atoms with E-state index in [2.05, 4.69) is 15.2 Å². The van der Waals surface area contributed by atoms with Crippen LogP contribution >= 0.6 is 0 Å². The molecular formula is C22H25N5O3S. The summed E-state index contributed by atoms with van der Waals surface area (Å²) >= 11 is 0. The molecule has 0 radical (unpaired) electrons. The van der Waals surface area contributed by atoms with E-state index in [0.29, 0.717) is 30.8 Å². The third kappa shape index (κ3) is 4.83. The molecule has 3 aromatic rings. The van der Waals surface area contributed by atoms with Crippen LogP contribution in [-0.2, 0) is 16.6 Å². The Kier molecular flexibility index (Phi) is 6.15. The Morgan fingerprint density at radius 1 is 1.19 bits per heavy atom. The minimum Gasteiger partial charge on any atom is -0.337 e. The maximum Gasteiger partial charge on any atom is 0.257 e. The number of benzene rings is 1. The maximum atomic E-state index is 13.3. The predicted molar refractivity (Wildman–Crippen MR) is 118 cm³/mol. The van der Waals surface area contributed by atoms with E-state index in [1.54, 1.807) is 23.4 Å². The highest BCUT2D eigenvalue weighted by molar-refractivity contribution is 7.88. The van der Waals surface area contributed by atoms with Crippen LogP contribution in [0, 0.1) is 0 Å². The summed E-state index contributed by atoms with van der Waals surface area (Å²) in [5.41, 5.74) is 2.86. The number of carbonyl (C=O) groups excluding carboxylic acids is 1. The molecule has 1 aromatic carbocycles. The highest BCUT2D eigenvalue weighted by Gasteiger charge is 2.33. The molecule has 3 heterocycles. The van der Waals surface area contributed by atoms with E-state index in [9.17, 15) is 13.2 Å². The molecule has 0 aliphatic carbocycles. The Balaban J connectivity index is 1.55. The molecule has 1 atom stereocenters. The lowest BCUT2D eigenvalue weighted by molar-refractivity contribution is 0.0651. The van der Waals surface area contributed by atoms with Crippen molar-refractivity contribution in [2.45, 2.75) is 25.4 Å². The van der Waals surface area contributed by atoms with Gasteiger partial charge in [-0.2, -0.15) is 9.40 Å². The van der Waals surface area contributed by atoms with Crippen LogP contribution in [0.2, 0.25) is 0 Å². The number of aromatic amines is 1. The predicted octanol–water partition coefficient (Wildman–Crippen LogP) is 2.54. The fraction of sp³-hybridized carbons (Fsp3) is 0.318. The summed E-state index contributed by atoms with van der Waals surface area (Å²) in [7, 11) is -3.47. The third-order valence-corrected chi connectivity index (χ3v) is 6.79. The van der Waals surface area contributed by atoms with Crippen LogP contribution < -0.4 is 0 Å². The van der Waals surface area contributed by atoms with Gasteiger partial charge in [-0.05, 0) is 24.5 Å². The number of amides is 1. The molecule has 9 heteroatoms. The first-order valence-corrected chi connectivity index (χ1v) is 12.0. The number of likely N-dealkylation sites (tertiary alicyclic amines) is 1. The highest BCUT2D eigenvalue weighted by atomic mass is 32.2. The molecule has 31 heavy (non-hydrogen) atoms. The zero-order chi connectivity index (χ0) is 21.8. The number of nitrogens with zero attached hydrogens (tertiary/aromatic N) is 4. The largest absolute Gasteiger partial charge is 0.337 e. The third-order valence-electron chi connectivity index (χ3n) is 5.51. The summed E-state index contributed by atoms with van der Waals surface area (Å²) in [6.07, 6.45) is 7.51. The van der Waals surface area contributed by atoms with Crippen LogP contribution in [-0.4, -0.2) is 64.1 Å². The number of carbonyl (C=O) groups is 1. The molecule has 1 N–H and O–H groups in total. The Morgan fingerprint density at radius 3 is 2.71 bits per heavy atom. The van der Waals surface area contributed by atoms with E-state index in [1.165, 1.54) is 16.8 Å². The number of hydrogen-bond acceptors (Lipinski definition) is 5. The van der Waals surface area contributed by atoms with Gasteiger partial charge in [0.1, 0.15) is 0 Å². The van der Waals surface area contributed by atoms with Crippen molar-refractivity contribution >= 4 is 15.9 Å². The summed E-state index contributed by atoms with van der Waals surface area (Å²) < 4.78 is 26.6. The number of rotatable bonds is 6. The molecule has 2 aromatic heterocycles. The molecule has 1 fully saturated rings. The first-order valence-electron chi connectivity index (χ1n) is 10.2. The van der Waals surface area contributed by atoms with E-state index in [4.69, 9.17) is 0 Å². The summed E-state index contributed by atoms with van der Waals surface area (Å²) in [5.74, 6) is -0.146. The second-order valence-corrected chi connectivity index (χ2v) is 9.68. The standard InChI is InChI=1S/C22H25N5O3S/c1-31(29,30)27(15-17-7-5-11-23-13-17)19-10-6-12-26(16-19)22(28)20-14-24-25-21(20)18-8-3-2-4-9-18/h2-5,7-9,11,13-14,19H,6,10,12,15-16H2,1H3,(H,24,25). The molecule has 8 nitrogen and oxygen atoms in total. The fourth-order valence-corrected chi connectivity index (χ4v) is 5.10. The van der Waals surface area contributed by atoms with Crippen molar-refractivity contribution in [3.8, 4) is 11.3 Å². The molecule has 0 saturated carbocycles. The Morgan fingerprint density at radius 2 is 2.00 bits per heavy atom. The van der Waals surface area contributed by atoms with Crippen LogP contribution in [0.25, 0.3) is 11.3 Å². The molecule has 162 valence electrons. The van der Waals surface area contributed by atoms with Crippen LogP contribution in [0.5, 0.6) is 0 Å². The highest BCUT2D eigenvalue weighted by Crippen LogP contribution is 2.26. The average molecular weight is 440 g/mol. The van der Waals surface area contributed by atoms with Gasteiger partial charge in [-0.3, -0.25) is 14.9 Å². The Labute approximate surface area is 182 Å². The lowest BCUT2D eigenvalue weighted by Gasteiger charge is -2.38. The van der Waals surface area contributed by atoms with Gasteiger partial charge < -0.3 is 4.90 Å². The number of piperidine rings is 1. The van der Waals surface area contributed by atoms with Crippen LogP contribution in [0.1, 0.15) is 28.8 Å². The first kappa shape index (κ1) is 21.2. The normalized spacial score (nSPS) is 17.1. The molecule has 0 spiro atoms. The minimum absolute atomic E-state index is 0.146. The zero-order valence-corrected chi connectivity index (χ0v) is 18.1. The number of pyridine rings is 1. The van der Waals surface area contributed by atoms with Crippen molar-refractivity contribution in [1.29, 1.82) is 0 Å². The molecule has 1 aliphatic rings. The second-order valence-electron chi connectivity index (χ2n) is 7.74. The zero-order valence-electron chi connectivity index (χ0n) is 17.3. The van der Waals surface area contributed by atoms with Gasteiger partial charge in [0, 0.05) is 43.6 Å². The van der Waals surface area contributed by atoms with Crippen molar-refractivity contribution in [1.82, 2.24) is 24.4 Å². The van der Waals surface area contributed by atoms with Crippen molar-refractivity contribution in [3.63, 3.8) is 0 Å². The van der Waals surface area contributed by atoms with Crippen molar-refractivity contribution in [3.05, 3.63) is 72.2 Å². The van der Waals surface area contributed by atoms with Crippen molar-refractivity contribution < 1.29 is 13.2 Å². The molecule has 1 unspecified atom stereocenters. The van der Waals surface area contributed by atoms with Crippen LogP contribution in [0.15, 0.2) is 61.1 Å². The average Bonchev–Trinajstić information content (AvgIpc) is 3.27. The molecule has 4 rings (SSSR count). The molecular weight excluding hydrogens is 414 g/mol. The lowest BCUT2D eigenvalue weighted by Crippen LogP contribution is -2.51. The molecule has 1 amide bonds. The quantitative estimate of drug-likeness (QED) is 0.636. The van der Waals surface area contributed by atoms with Crippen LogP contribution in [0.4, 0.5) is 0 Å². The summed E-state index contributed by atoms with van der Waals surface area (Å²) in [6.45, 7) is 1.16. The number of hydrogen-bond donors (Lipinski definition) is 1. The van der Waals surface area contributed by atoms with Gasteiger partial charge in [-0.1, -0.05) is 36.4 Å². The van der Waals surface area contributed by atoms with E-state index in [1.807, 2.05) is 36.4 Å². The van der Waals surface area contributed by atoms with Gasteiger partial charge in [-0.25, -0.2) is 8.42 Å². The first-order chi connectivity index (χ1) is 14.9. The van der Waals surface area contributed by atoms with Gasteiger partial charge in [0.2, 0.25) is 10.0 Å².